The molecule has 1 aliphatic heterocycles. The lowest BCUT2D eigenvalue weighted by Gasteiger charge is -2.35. The highest BCUT2D eigenvalue weighted by Crippen LogP contribution is 2.26. The predicted molar refractivity (Wildman–Crippen MR) is 83.0 cm³/mol. The van der Waals surface area contributed by atoms with Gasteiger partial charge in [0.05, 0.1) is 12.6 Å². The first-order valence-electron chi connectivity index (χ1n) is 7.27. The summed E-state index contributed by atoms with van der Waals surface area (Å²) in [5.74, 6) is 0. The fourth-order valence-electron chi connectivity index (χ4n) is 2.30. The molecule has 0 saturated heterocycles. The summed E-state index contributed by atoms with van der Waals surface area (Å²) in [5.41, 5.74) is 1.83. The number of nitrogens with one attached hydrogen (secondary N) is 1. The number of carbonyl (C=O) groups is 1. The lowest BCUT2D eigenvalue weighted by atomic mass is 9.98. The zero-order chi connectivity index (χ0) is 15.6. The Bertz CT molecular complexity index is 514. The Morgan fingerprint density at radius 2 is 2.10 bits per heavy atom. The molecular formula is C16H25N3O2. The van der Waals surface area contributed by atoms with E-state index in [4.69, 9.17) is 0 Å². The second-order valence-electron chi connectivity index (χ2n) is 6.46. The summed E-state index contributed by atoms with van der Waals surface area (Å²) in [4.78, 5) is 16.1. The van der Waals surface area contributed by atoms with Crippen molar-refractivity contribution < 1.29 is 9.90 Å². The van der Waals surface area contributed by atoms with E-state index >= 15 is 0 Å². The number of rotatable bonds is 3. The Kier molecular flexibility index (Phi) is 4.54. The molecule has 0 aliphatic carbocycles. The monoisotopic (exact) mass is 291 g/mol. The molecule has 1 aromatic rings. The quantitative estimate of drug-likeness (QED) is 0.889. The summed E-state index contributed by atoms with van der Waals surface area (Å²) in [6, 6.07) is 7.60. The first kappa shape index (κ1) is 15.8. The molecule has 21 heavy (non-hydrogen) atoms. The normalized spacial score (nSPS) is 18.6. The molecule has 0 saturated carbocycles. The molecule has 116 valence electrons. The third kappa shape index (κ3) is 3.54. The van der Waals surface area contributed by atoms with Gasteiger partial charge >= 0.3 is 6.03 Å². The fraction of sp³-hybridized carbons (Fsp3) is 0.562. The summed E-state index contributed by atoms with van der Waals surface area (Å²) in [5, 5.41) is 13.1. The number of carbonyl (C=O) groups excluding carboxylic acids is 1. The second-order valence-corrected chi connectivity index (χ2v) is 6.46. The molecule has 2 N–H and O–H groups in total. The van der Waals surface area contributed by atoms with Crippen LogP contribution in [0.5, 0.6) is 0 Å². The van der Waals surface area contributed by atoms with E-state index in [1.165, 1.54) is 0 Å². The molecule has 1 heterocycles. The maximum Gasteiger partial charge on any atom is 0.317 e. The molecule has 0 spiro atoms. The maximum absolute atomic E-state index is 12.3. The van der Waals surface area contributed by atoms with Crippen molar-refractivity contribution >= 4 is 6.03 Å². The standard InChI is InChI=1S/C16H25N3O2/c1-16(2,18(3)4)11-17-15(21)19-9-12-7-5-6-8-13(12)14(20)10-19/h5-8,14,20H,9-11H2,1-4H3,(H,17,21)/t14-/m1/s1. The van der Waals surface area contributed by atoms with Crippen LogP contribution in [0.3, 0.4) is 0 Å². The average Bonchev–Trinajstić information content (AvgIpc) is 2.44. The van der Waals surface area contributed by atoms with Crippen molar-refractivity contribution in [2.75, 3.05) is 27.2 Å². The molecule has 0 unspecified atom stereocenters. The molecule has 1 atom stereocenters. The van der Waals surface area contributed by atoms with Gasteiger partial charge < -0.3 is 20.2 Å². The van der Waals surface area contributed by atoms with E-state index in [9.17, 15) is 9.90 Å². The molecule has 0 bridgehead atoms. The smallest absolute Gasteiger partial charge is 0.317 e. The van der Waals surface area contributed by atoms with Gasteiger partial charge in [-0.05, 0) is 39.1 Å². The highest BCUT2D eigenvalue weighted by molar-refractivity contribution is 5.74. The Balaban J connectivity index is 1.99. The van der Waals surface area contributed by atoms with E-state index in [2.05, 4.69) is 24.1 Å². The van der Waals surface area contributed by atoms with Crippen LogP contribution in [0.15, 0.2) is 24.3 Å². The first-order valence-corrected chi connectivity index (χ1v) is 7.27. The Morgan fingerprint density at radius 3 is 2.76 bits per heavy atom. The van der Waals surface area contributed by atoms with E-state index < -0.39 is 6.10 Å². The largest absolute Gasteiger partial charge is 0.387 e. The van der Waals surface area contributed by atoms with Crippen molar-refractivity contribution in [3.8, 4) is 0 Å². The van der Waals surface area contributed by atoms with E-state index in [-0.39, 0.29) is 11.6 Å². The van der Waals surface area contributed by atoms with Crippen molar-refractivity contribution in [3.63, 3.8) is 0 Å². The third-order valence-electron chi connectivity index (χ3n) is 4.34. The van der Waals surface area contributed by atoms with Crippen LogP contribution >= 0.6 is 0 Å². The van der Waals surface area contributed by atoms with Crippen LogP contribution in [0.1, 0.15) is 31.1 Å². The lowest BCUT2D eigenvalue weighted by molar-refractivity contribution is 0.102. The number of amides is 2. The maximum atomic E-state index is 12.3. The minimum Gasteiger partial charge on any atom is -0.387 e. The number of hydrogen-bond acceptors (Lipinski definition) is 3. The summed E-state index contributed by atoms with van der Waals surface area (Å²) < 4.78 is 0. The minimum absolute atomic E-state index is 0.109. The molecule has 0 radical (unpaired) electrons. The molecule has 5 heteroatoms. The van der Waals surface area contributed by atoms with Gasteiger partial charge in [-0.25, -0.2) is 4.79 Å². The molecule has 2 amide bonds. The first-order chi connectivity index (χ1) is 9.81. The van der Waals surface area contributed by atoms with Gasteiger partial charge in [0.2, 0.25) is 0 Å². The van der Waals surface area contributed by atoms with Crippen molar-refractivity contribution in [2.24, 2.45) is 0 Å². The zero-order valence-corrected chi connectivity index (χ0v) is 13.3. The molecule has 2 rings (SSSR count). The van der Waals surface area contributed by atoms with Gasteiger partial charge in [0.1, 0.15) is 0 Å². The number of nitrogens with zero attached hydrogens (tertiary/aromatic N) is 2. The van der Waals surface area contributed by atoms with E-state index in [1.54, 1.807) is 4.90 Å². The van der Waals surface area contributed by atoms with Gasteiger partial charge in [-0.1, -0.05) is 24.3 Å². The van der Waals surface area contributed by atoms with Gasteiger partial charge in [-0.3, -0.25) is 0 Å². The Morgan fingerprint density at radius 1 is 1.43 bits per heavy atom. The number of β-amino-alcohol motifs (C(OH)–C–C–N with tert-alkyl or cyclic N) is 1. The van der Waals surface area contributed by atoms with Crippen LogP contribution in [0.2, 0.25) is 0 Å². The molecule has 0 aromatic heterocycles. The molecule has 1 aliphatic rings. The van der Waals surface area contributed by atoms with E-state index in [1.807, 2.05) is 38.4 Å². The Labute approximate surface area is 126 Å². The topological polar surface area (TPSA) is 55.8 Å². The fourth-order valence-corrected chi connectivity index (χ4v) is 2.30. The van der Waals surface area contributed by atoms with Gasteiger partial charge in [0, 0.05) is 18.6 Å². The van der Waals surface area contributed by atoms with Crippen LogP contribution in [-0.4, -0.2) is 53.7 Å². The summed E-state index contributed by atoms with van der Waals surface area (Å²) in [6.07, 6.45) is -0.609. The van der Waals surface area contributed by atoms with Crippen LogP contribution < -0.4 is 5.32 Å². The van der Waals surface area contributed by atoms with Gasteiger partial charge in [-0.2, -0.15) is 0 Å². The van der Waals surface area contributed by atoms with Crippen LogP contribution in [0, 0.1) is 0 Å². The van der Waals surface area contributed by atoms with Gasteiger partial charge in [-0.15, -0.1) is 0 Å². The average molecular weight is 291 g/mol. The molecule has 5 nitrogen and oxygen atoms in total. The van der Waals surface area contributed by atoms with Crippen LogP contribution in [0.25, 0.3) is 0 Å². The zero-order valence-electron chi connectivity index (χ0n) is 13.3. The number of hydrogen-bond donors (Lipinski definition) is 2. The molecule has 1 aromatic carbocycles. The summed E-state index contributed by atoms with van der Waals surface area (Å²) in [6.45, 7) is 5.60. The van der Waals surface area contributed by atoms with Gasteiger partial charge in [0.25, 0.3) is 0 Å². The highest BCUT2D eigenvalue weighted by Gasteiger charge is 2.28. The number of fused-ring (bicyclic) bond motifs is 1. The van der Waals surface area contributed by atoms with Crippen molar-refractivity contribution in [2.45, 2.75) is 32.0 Å². The Hall–Kier alpha value is -1.59. The van der Waals surface area contributed by atoms with Crippen molar-refractivity contribution in [3.05, 3.63) is 35.4 Å². The highest BCUT2D eigenvalue weighted by atomic mass is 16.3. The van der Waals surface area contributed by atoms with Crippen molar-refractivity contribution in [1.82, 2.24) is 15.1 Å². The number of aliphatic hydroxyl groups is 1. The number of aliphatic hydroxyl groups excluding tert-OH is 1. The molecular weight excluding hydrogens is 266 g/mol. The van der Waals surface area contributed by atoms with E-state index in [0.717, 1.165) is 11.1 Å². The summed E-state index contributed by atoms with van der Waals surface area (Å²) in [7, 11) is 3.99. The van der Waals surface area contributed by atoms with Crippen molar-refractivity contribution in [1.29, 1.82) is 0 Å². The number of benzene rings is 1. The lowest BCUT2D eigenvalue weighted by Crippen LogP contribution is -2.52. The number of likely N-dealkylation sites (N-methyl/N-ethyl adjacent to an activating group) is 1. The second kappa shape index (κ2) is 6.03. The van der Waals surface area contributed by atoms with Crippen LogP contribution in [-0.2, 0) is 6.54 Å². The van der Waals surface area contributed by atoms with Gasteiger partial charge in [0.15, 0.2) is 0 Å². The minimum atomic E-state index is -0.609. The SMILES string of the molecule is CN(C)C(C)(C)CNC(=O)N1Cc2ccccc2[C@H](O)C1. The third-order valence-corrected chi connectivity index (χ3v) is 4.34. The number of urea groups is 1. The van der Waals surface area contributed by atoms with E-state index in [0.29, 0.717) is 19.6 Å². The summed E-state index contributed by atoms with van der Waals surface area (Å²) >= 11 is 0. The molecule has 0 fully saturated rings. The van der Waals surface area contributed by atoms with Crippen LogP contribution in [0.4, 0.5) is 4.79 Å². The predicted octanol–water partition coefficient (Wildman–Crippen LogP) is 1.59.